The van der Waals surface area contributed by atoms with Crippen LogP contribution in [0.15, 0.2) is 60.8 Å². The normalized spacial score (nSPS) is 17.7. The number of carbonyl (C=O) groups is 1. The number of hydrogen-bond acceptors (Lipinski definition) is 3. The largest absolute Gasteiger partial charge is 0.296 e. The molecule has 1 aromatic heterocycles. The van der Waals surface area contributed by atoms with Gasteiger partial charge < -0.3 is 0 Å². The van der Waals surface area contributed by atoms with Gasteiger partial charge in [0.1, 0.15) is 5.82 Å². The maximum Gasteiger partial charge on any atom is 0.164 e. The molecule has 1 saturated heterocycles. The van der Waals surface area contributed by atoms with E-state index >= 15 is 0 Å². The van der Waals surface area contributed by atoms with Crippen molar-refractivity contribution >= 4 is 16.7 Å². The topological polar surface area (TPSA) is 33.2 Å². The second-order valence-electron chi connectivity index (χ2n) is 6.89. The van der Waals surface area contributed by atoms with Crippen LogP contribution in [0.25, 0.3) is 10.9 Å². The molecule has 0 saturated carbocycles. The van der Waals surface area contributed by atoms with Crippen molar-refractivity contribution in [2.75, 3.05) is 6.54 Å². The number of nitrogens with zero attached hydrogens (tertiary/aromatic N) is 2. The first-order chi connectivity index (χ1) is 12.7. The van der Waals surface area contributed by atoms with Crippen molar-refractivity contribution in [2.24, 2.45) is 0 Å². The monoisotopic (exact) mass is 348 g/mol. The van der Waals surface area contributed by atoms with E-state index in [9.17, 15) is 9.18 Å². The van der Waals surface area contributed by atoms with E-state index in [1.807, 2.05) is 12.3 Å². The lowest BCUT2D eigenvalue weighted by atomic mass is 10.0. The molecule has 0 bridgehead atoms. The highest BCUT2D eigenvalue weighted by molar-refractivity contribution is 5.96. The molecule has 1 aliphatic heterocycles. The summed E-state index contributed by atoms with van der Waals surface area (Å²) in [6.45, 7) is 1.79. The SMILES string of the molecule is O=C(C[C@@H]1CCCN1Cc1cccc2cccnc12)c1ccc(F)cc1. The zero-order valence-electron chi connectivity index (χ0n) is 14.6. The van der Waals surface area contributed by atoms with E-state index in [1.165, 1.54) is 17.7 Å². The molecular weight excluding hydrogens is 327 g/mol. The van der Waals surface area contributed by atoms with Gasteiger partial charge in [0, 0.05) is 36.2 Å². The van der Waals surface area contributed by atoms with Crippen LogP contribution < -0.4 is 0 Å². The molecule has 3 nitrogen and oxygen atoms in total. The van der Waals surface area contributed by atoms with E-state index in [4.69, 9.17) is 0 Å². The summed E-state index contributed by atoms with van der Waals surface area (Å²) in [7, 11) is 0. The van der Waals surface area contributed by atoms with E-state index in [-0.39, 0.29) is 17.6 Å². The van der Waals surface area contributed by atoms with Gasteiger partial charge in [-0.1, -0.05) is 24.3 Å². The summed E-state index contributed by atoms with van der Waals surface area (Å²) < 4.78 is 13.1. The minimum atomic E-state index is -0.313. The summed E-state index contributed by atoms with van der Waals surface area (Å²) >= 11 is 0. The van der Waals surface area contributed by atoms with Crippen LogP contribution in [0.5, 0.6) is 0 Å². The molecule has 2 heterocycles. The Bertz CT molecular complexity index is 918. The van der Waals surface area contributed by atoms with Gasteiger partial charge in [-0.3, -0.25) is 14.7 Å². The van der Waals surface area contributed by atoms with Crippen molar-refractivity contribution in [1.29, 1.82) is 0 Å². The number of pyridine rings is 1. The highest BCUT2D eigenvalue weighted by Gasteiger charge is 2.27. The molecule has 4 heteroatoms. The molecule has 0 N–H and O–H groups in total. The molecule has 26 heavy (non-hydrogen) atoms. The van der Waals surface area contributed by atoms with Gasteiger partial charge in [-0.2, -0.15) is 0 Å². The summed E-state index contributed by atoms with van der Waals surface area (Å²) in [5.74, 6) is -0.231. The predicted molar refractivity (Wildman–Crippen MR) is 101 cm³/mol. The number of ketones is 1. The number of likely N-dealkylation sites (tertiary alicyclic amines) is 1. The summed E-state index contributed by atoms with van der Waals surface area (Å²) in [5.41, 5.74) is 2.82. The Labute approximate surface area is 152 Å². The maximum atomic E-state index is 13.1. The molecule has 3 aromatic rings. The zero-order valence-corrected chi connectivity index (χ0v) is 14.6. The quantitative estimate of drug-likeness (QED) is 0.631. The highest BCUT2D eigenvalue weighted by atomic mass is 19.1. The van der Waals surface area contributed by atoms with Crippen LogP contribution in [0.2, 0.25) is 0 Å². The van der Waals surface area contributed by atoms with Crippen molar-refractivity contribution in [3.63, 3.8) is 0 Å². The number of rotatable bonds is 5. The highest BCUT2D eigenvalue weighted by Crippen LogP contribution is 2.26. The molecule has 0 aliphatic carbocycles. The Hall–Kier alpha value is -2.59. The van der Waals surface area contributed by atoms with Crippen LogP contribution in [-0.2, 0) is 6.54 Å². The lowest BCUT2D eigenvalue weighted by Crippen LogP contribution is -2.31. The minimum absolute atomic E-state index is 0.0814. The minimum Gasteiger partial charge on any atom is -0.296 e. The Morgan fingerprint density at radius 3 is 2.77 bits per heavy atom. The van der Waals surface area contributed by atoms with Crippen LogP contribution in [0.1, 0.15) is 35.2 Å². The van der Waals surface area contributed by atoms with Crippen LogP contribution in [-0.4, -0.2) is 28.3 Å². The maximum absolute atomic E-state index is 13.1. The zero-order chi connectivity index (χ0) is 17.9. The molecule has 4 rings (SSSR count). The predicted octanol–water partition coefficient (Wildman–Crippen LogP) is 4.61. The Kier molecular flexibility index (Phi) is 4.76. The van der Waals surface area contributed by atoms with Gasteiger partial charge in [0.25, 0.3) is 0 Å². The molecule has 1 aliphatic rings. The third kappa shape index (κ3) is 3.51. The van der Waals surface area contributed by atoms with E-state index in [2.05, 4.69) is 34.1 Å². The molecule has 1 fully saturated rings. The van der Waals surface area contributed by atoms with E-state index in [0.29, 0.717) is 12.0 Å². The number of Topliss-reactive ketones (excluding diaryl/α,β-unsaturated/α-hetero) is 1. The number of carbonyl (C=O) groups excluding carboxylic acids is 1. The van der Waals surface area contributed by atoms with Gasteiger partial charge in [-0.25, -0.2) is 4.39 Å². The van der Waals surface area contributed by atoms with Crippen molar-refractivity contribution in [3.8, 4) is 0 Å². The number of fused-ring (bicyclic) bond motifs is 1. The molecule has 0 spiro atoms. The van der Waals surface area contributed by atoms with Crippen molar-refractivity contribution < 1.29 is 9.18 Å². The molecule has 132 valence electrons. The third-order valence-corrected chi connectivity index (χ3v) is 5.18. The Balaban J connectivity index is 1.49. The van der Waals surface area contributed by atoms with Crippen molar-refractivity contribution in [2.45, 2.75) is 31.8 Å². The molecular formula is C22H21FN2O. The van der Waals surface area contributed by atoms with Crippen LogP contribution >= 0.6 is 0 Å². The van der Waals surface area contributed by atoms with Gasteiger partial charge in [0.05, 0.1) is 5.52 Å². The number of halogens is 1. The van der Waals surface area contributed by atoms with Crippen LogP contribution in [0.4, 0.5) is 4.39 Å². The third-order valence-electron chi connectivity index (χ3n) is 5.18. The lowest BCUT2D eigenvalue weighted by Gasteiger charge is -2.24. The van der Waals surface area contributed by atoms with Gasteiger partial charge >= 0.3 is 0 Å². The first-order valence-corrected chi connectivity index (χ1v) is 9.06. The number of para-hydroxylation sites is 1. The first-order valence-electron chi connectivity index (χ1n) is 9.06. The fourth-order valence-corrected chi connectivity index (χ4v) is 3.82. The number of benzene rings is 2. The number of hydrogen-bond donors (Lipinski definition) is 0. The van der Waals surface area contributed by atoms with Gasteiger partial charge in [0.2, 0.25) is 0 Å². The van der Waals surface area contributed by atoms with E-state index < -0.39 is 0 Å². The smallest absolute Gasteiger partial charge is 0.164 e. The van der Waals surface area contributed by atoms with Gasteiger partial charge in [-0.15, -0.1) is 0 Å². The fourth-order valence-electron chi connectivity index (χ4n) is 3.82. The number of aromatic nitrogens is 1. The molecule has 0 unspecified atom stereocenters. The summed E-state index contributed by atoms with van der Waals surface area (Å²) in [5, 5.41) is 1.14. The van der Waals surface area contributed by atoms with E-state index in [1.54, 1.807) is 12.1 Å². The van der Waals surface area contributed by atoms with Gasteiger partial charge in [0.15, 0.2) is 5.78 Å². The average Bonchev–Trinajstić information content (AvgIpc) is 3.09. The first kappa shape index (κ1) is 16.9. The van der Waals surface area contributed by atoms with Gasteiger partial charge in [-0.05, 0) is 55.3 Å². The van der Waals surface area contributed by atoms with Crippen molar-refractivity contribution in [1.82, 2.24) is 9.88 Å². The average molecular weight is 348 g/mol. The fraction of sp³-hybridized carbons (Fsp3) is 0.273. The van der Waals surface area contributed by atoms with Crippen molar-refractivity contribution in [3.05, 3.63) is 77.7 Å². The Morgan fingerprint density at radius 2 is 1.92 bits per heavy atom. The van der Waals surface area contributed by atoms with Crippen LogP contribution in [0, 0.1) is 5.82 Å². The molecule has 2 aromatic carbocycles. The summed E-state index contributed by atoms with van der Waals surface area (Å²) in [6.07, 6.45) is 4.42. The molecule has 1 atom stereocenters. The van der Waals surface area contributed by atoms with E-state index in [0.717, 1.165) is 36.8 Å². The standard InChI is InChI=1S/C22H21FN2O/c23-19-10-8-16(9-11-19)21(26)14-20-7-3-13-25(20)15-18-5-1-4-17-6-2-12-24-22(17)18/h1-2,4-6,8-12,20H,3,7,13-15H2/t20-/m0/s1. The lowest BCUT2D eigenvalue weighted by molar-refractivity contribution is 0.0938. The second kappa shape index (κ2) is 7.34. The second-order valence-corrected chi connectivity index (χ2v) is 6.89. The molecule has 0 radical (unpaired) electrons. The van der Waals surface area contributed by atoms with Crippen LogP contribution in [0.3, 0.4) is 0 Å². The summed E-state index contributed by atoms with van der Waals surface area (Å²) in [4.78, 5) is 19.5. The Morgan fingerprint density at radius 1 is 1.12 bits per heavy atom. The summed E-state index contributed by atoms with van der Waals surface area (Å²) in [6, 6.07) is 16.4. The molecule has 0 amide bonds.